The Bertz CT molecular complexity index is 911. The van der Waals surface area contributed by atoms with Crippen LogP contribution >= 0.6 is 15.9 Å². The minimum atomic E-state index is -0.863. The van der Waals surface area contributed by atoms with Gasteiger partial charge in [-0.2, -0.15) is 0 Å². The van der Waals surface area contributed by atoms with Crippen LogP contribution in [0.25, 0.3) is 0 Å². The zero-order chi connectivity index (χ0) is 17.8. The molecule has 1 amide bonds. The molecule has 2 aromatic carbocycles. The molecule has 0 fully saturated rings. The van der Waals surface area contributed by atoms with Crippen LogP contribution in [-0.4, -0.2) is 5.91 Å². The lowest BCUT2D eigenvalue weighted by atomic mass is 10.3. The number of benzene rings is 2. The molecule has 0 unspecified atom stereocenters. The molecular weight excluding hydrogens is 396 g/mol. The molecule has 0 spiro atoms. The highest BCUT2D eigenvalue weighted by Gasteiger charge is 2.14. The molecule has 0 aliphatic rings. The quantitative estimate of drug-likeness (QED) is 0.635. The van der Waals surface area contributed by atoms with Crippen LogP contribution in [0.5, 0.6) is 5.75 Å². The third-order valence-electron chi connectivity index (χ3n) is 3.24. The van der Waals surface area contributed by atoms with Crippen molar-refractivity contribution in [2.24, 2.45) is 0 Å². The van der Waals surface area contributed by atoms with Gasteiger partial charge in [-0.25, -0.2) is 8.78 Å². The average molecular weight is 408 g/mol. The van der Waals surface area contributed by atoms with Crippen molar-refractivity contribution in [1.82, 2.24) is 0 Å². The number of furan rings is 1. The van der Waals surface area contributed by atoms with E-state index in [1.807, 2.05) is 12.1 Å². The van der Waals surface area contributed by atoms with E-state index >= 15 is 0 Å². The molecule has 0 radical (unpaired) electrons. The van der Waals surface area contributed by atoms with Crippen LogP contribution in [0.15, 0.2) is 63.5 Å². The summed E-state index contributed by atoms with van der Waals surface area (Å²) in [6.45, 7) is 0.134. The fourth-order valence-electron chi connectivity index (χ4n) is 2.06. The number of hydrogen-bond donors (Lipinski definition) is 1. The van der Waals surface area contributed by atoms with Crippen molar-refractivity contribution in [3.8, 4) is 5.75 Å². The molecule has 3 rings (SSSR count). The smallest absolute Gasteiger partial charge is 0.291 e. The standard InChI is InChI=1S/C18H12BrF2NO3/c19-11-2-1-3-13(8-11)24-10-14-5-7-17(25-14)18(23)22-16-6-4-12(20)9-15(16)21/h1-9H,10H2,(H,22,23). The Kier molecular flexibility index (Phi) is 5.14. The normalized spacial score (nSPS) is 10.5. The highest BCUT2D eigenvalue weighted by Crippen LogP contribution is 2.20. The molecule has 0 atom stereocenters. The topological polar surface area (TPSA) is 51.5 Å². The highest BCUT2D eigenvalue weighted by atomic mass is 79.9. The zero-order valence-electron chi connectivity index (χ0n) is 12.8. The molecule has 25 heavy (non-hydrogen) atoms. The van der Waals surface area contributed by atoms with Crippen LogP contribution in [-0.2, 0) is 6.61 Å². The van der Waals surface area contributed by atoms with Crippen LogP contribution < -0.4 is 10.1 Å². The number of rotatable bonds is 5. The predicted molar refractivity (Wildman–Crippen MR) is 91.5 cm³/mol. The minimum absolute atomic E-state index is 0.00318. The second-order valence-electron chi connectivity index (χ2n) is 5.09. The summed E-state index contributed by atoms with van der Waals surface area (Å²) in [7, 11) is 0. The maximum absolute atomic E-state index is 13.6. The van der Waals surface area contributed by atoms with E-state index in [2.05, 4.69) is 21.2 Å². The van der Waals surface area contributed by atoms with Gasteiger partial charge >= 0.3 is 0 Å². The lowest BCUT2D eigenvalue weighted by molar-refractivity contribution is 0.0992. The second-order valence-corrected chi connectivity index (χ2v) is 6.01. The Balaban J connectivity index is 1.63. The number of carbonyl (C=O) groups is 1. The van der Waals surface area contributed by atoms with E-state index in [-0.39, 0.29) is 18.1 Å². The number of anilines is 1. The lowest BCUT2D eigenvalue weighted by Crippen LogP contribution is -2.12. The summed E-state index contributed by atoms with van der Waals surface area (Å²) < 4.78 is 38.3. The van der Waals surface area contributed by atoms with Crippen LogP contribution in [0, 0.1) is 11.6 Å². The molecule has 0 aliphatic carbocycles. The third-order valence-corrected chi connectivity index (χ3v) is 3.74. The Morgan fingerprint density at radius 2 is 1.96 bits per heavy atom. The maximum atomic E-state index is 13.6. The highest BCUT2D eigenvalue weighted by molar-refractivity contribution is 9.10. The lowest BCUT2D eigenvalue weighted by Gasteiger charge is -2.05. The molecule has 1 heterocycles. The third kappa shape index (κ3) is 4.45. The van der Waals surface area contributed by atoms with Crippen molar-refractivity contribution < 1.29 is 22.7 Å². The fourth-order valence-corrected chi connectivity index (χ4v) is 2.44. The number of amides is 1. The van der Waals surface area contributed by atoms with E-state index in [9.17, 15) is 13.6 Å². The largest absolute Gasteiger partial charge is 0.486 e. The van der Waals surface area contributed by atoms with Gasteiger partial charge in [0.25, 0.3) is 5.91 Å². The SMILES string of the molecule is O=C(Nc1ccc(F)cc1F)c1ccc(COc2cccc(Br)c2)o1. The number of nitrogens with one attached hydrogen (secondary N) is 1. The first-order chi connectivity index (χ1) is 12.0. The molecule has 1 aromatic heterocycles. The summed E-state index contributed by atoms with van der Waals surface area (Å²) in [4.78, 5) is 12.1. The summed E-state index contributed by atoms with van der Waals surface area (Å²) in [5.41, 5.74) is -0.130. The first-order valence-electron chi connectivity index (χ1n) is 7.25. The summed E-state index contributed by atoms with van der Waals surface area (Å²) in [5.74, 6) is -1.15. The van der Waals surface area contributed by atoms with Gasteiger partial charge in [-0.1, -0.05) is 22.0 Å². The summed E-state index contributed by atoms with van der Waals surface area (Å²) in [6, 6.07) is 13.2. The molecular formula is C18H12BrF2NO3. The summed E-state index contributed by atoms with van der Waals surface area (Å²) in [6.07, 6.45) is 0. The van der Waals surface area contributed by atoms with Crippen molar-refractivity contribution in [2.45, 2.75) is 6.61 Å². The predicted octanol–water partition coefficient (Wildman–Crippen LogP) is 5.15. The van der Waals surface area contributed by atoms with E-state index in [1.54, 1.807) is 18.2 Å². The molecule has 0 saturated heterocycles. The van der Waals surface area contributed by atoms with Gasteiger partial charge in [0.05, 0.1) is 5.69 Å². The number of hydrogen-bond acceptors (Lipinski definition) is 3. The molecule has 7 heteroatoms. The molecule has 0 aliphatic heterocycles. The summed E-state index contributed by atoms with van der Waals surface area (Å²) >= 11 is 3.34. The van der Waals surface area contributed by atoms with Gasteiger partial charge < -0.3 is 14.5 Å². The molecule has 128 valence electrons. The van der Waals surface area contributed by atoms with E-state index in [0.717, 1.165) is 16.6 Å². The Hall–Kier alpha value is -2.67. The van der Waals surface area contributed by atoms with Gasteiger partial charge in [0, 0.05) is 10.5 Å². The van der Waals surface area contributed by atoms with Crippen LogP contribution in [0.3, 0.4) is 0 Å². The van der Waals surface area contributed by atoms with Crippen LogP contribution in [0.1, 0.15) is 16.3 Å². The Labute approximate surface area is 150 Å². The van der Waals surface area contributed by atoms with Crippen molar-refractivity contribution in [2.75, 3.05) is 5.32 Å². The number of halogens is 3. The first-order valence-corrected chi connectivity index (χ1v) is 8.04. The van der Waals surface area contributed by atoms with Crippen molar-refractivity contribution in [1.29, 1.82) is 0 Å². The van der Waals surface area contributed by atoms with Crippen molar-refractivity contribution >= 4 is 27.5 Å². The second kappa shape index (κ2) is 7.48. The first kappa shape index (κ1) is 17.2. The van der Waals surface area contributed by atoms with E-state index in [4.69, 9.17) is 9.15 Å². The van der Waals surface area contributed by atoms with Gasteiger partial charge in [-0.15, -0.1) is 0 Å². The number of carbonyl (C=O) groups excluding carboxylic acids is 1. The molecule has 1 N–H and O–H groups in total. The number of ether oxygens (including phenoxy) is 1. The van der Waals surface area contributed by atoms with Gasteiger partial charge in [0.15, 0.2) is 5.76 Å². The van der Waals surface area contributed by atoms with E-state index in [1.165, 1.54) is 6.07 Å². The average Bonchev–Trinajstić information content (AvgIpc) is 3.05. The zero-order valence-corrected chi connectivity index (χ0v) is 14.3. The fraction of sp³-hybridized carbons (Fsp3) is 0.0556. The van der Waals surface area contributed by atoms with Gasteiger partial charge in [0.2, 0.25) is 0 Å². The molecule has 0 bridgehead atoms. The van der Waals surface area contributed by atoms with E-state index < -0.39 is 17.5 Å². The van der Waals surface area contributed by atoms with Crippen LogP contribution in [0.2, 0.25) is 0 Å². The van der Waals surface area contributed by atoms with Crippen LogP contribution in [0.4, 0.5) is 14.5 Å². The van der Waals surface area contributed by atoms with Gasteiger partial charge in [-0.05, 0) is 42.5 Å². The maximum Gasteiger partial charge on any atom is 0.291 e. The summed E-state index contributed by atoms with van der Waals surface area (Å²) in [5, 5.41) is 2.33. The van der Waals surface area contributed by atoms with E-state index in [0.29, 0.717) is 17.6 Å². The Morgan fingerprint density at radius 3 is 2.72 bits per heavy atom. The minimum Gasteiger partial charge on any atom is -0.486 e. The molecule has 3 aromatic rings. The molecule has 4 nitrogen and oxygen atoms in total. The monoisotopic (exact) mass is 407 g/mol. The van der Waals surface area contributed by atoms with Gasteiger partial charge in [0.1, 0.15) is 29.8 Å². The van der Waals surface area contributed by atoms with Crippen molar-refractivity contribution in [3.05, 3.63) is 82.2 Å². The van der Waals surface area contributed by atoms with Gasteiger partial charge in [-0.3, -0.25) is 4.79 Å². The van der Waals surface area contributed by atoms with Crippen molar-refractivity contribution in [3.63, 3.8) is 0 Å². The molecule has 0 saturated carbocycles. The Morgan fingerprint density at radius 1 is 1.12 bits per heavy atom.